The number of hydrogen-bond donors (Lipinski definition) is 1. The molecule has 1 aliphatic carbocycles. The number of amides is 1. The lowest BCUT2D eigenvalue weighted by Gasteiger charge is -2.32. The van der Waals surface area contributed by atoms with Crippen molar-refractivity contribution in [1.82, 2.24) is 10.2 Å². The van der Waals surface area contributed by atoms with E-state index < -0.39 is 0 Å². The van der Waals surface area contributed by atoms with Crippen molar-refractivity contribution in [1.29, 1.82) is 0 Å². The van der Waals surface area contributed by atoms with Gasteiger partial charge in [-0.3, -0.25) is 4.90 Å². The summed E-state index contributed by atoms with van der Waals surface area (Å²) in [5, 5.41) is 3.07. The minimum Gasteiger partial charge on any atom is -0.410 e. The number of rotatable bonds is 2. The summed E-state index contributed by atoms with van der Waals surface area (Å²) in [5.74, 6) is 0.653. The maximum Gasteiger partial charge on any atom is 0.412 e. The molecule has 0 unspecified atom stereocenters. The second-order valence-corrected chi connectivity index (χ2v) is 8.53. The molecule has 2 heterocycles. The number of carbonyl (C=O) groups is 1. The van der Waals surface area contributed by atoms with Crippen molar-refractivity contribution in [3.63, 3.8) is 0 Å². The third-order valence-corrected chi connectivity index (χ3v) is 6.69. The fraction of sp³-hybridized carbons (Fsp3) is 0.667. The van der Waals surface area contributed by atoms with Crippen LogP contribution in [0.4, 0.5) is 10.5 Å². The van der Waals surface area contributed by atoms with Gasteiger partial charge in [0.1, 0.15) is 5.75 Å². The van der Waals surface area contributed by atoms with Gasteiger partial charge >= 0.3 is 6.09 Å². The van der Waals surface area contributed by atoms with E-state index in [1.54, 1.807) is 0 Å². The maximum absolute atomic E-state index is 12.4. The first-order valence-corrected chi connectivity index (χ1v) is 10.0. The molecule has 26 heavy (non-hydrogen) atoms. The monoisotopic (exact) mass is 357 g/mol. The van der Waals surface area contributed by atoms with Crippen LogP contribution in [0.2, 0.25) is 0 Å². The minimum absolute atomic E-state index is 0.0932. The minimum atomic E-state index is -0.312. The Morgan fingerprint density at radius 1 is 1.19 bits per heavy atom. The Balaban J connectivity index is 1.48. The van der Waals surface area contributed by atoms with Gasteiger partial charge in [-0.1, -0.05) is 32.6 Å². The van der Waals surface area contributed by atoms with Crippen LogP contribution in [0.3, 0.4) is 0 Å². The van der Waals surface area contributed by atoms with Gasteiger partial charge in [0.25, 0.3) is 0 Å². The predicted molar refractivity (Wildman–Crippen MR) is 104 cm³/mol. The highest BCUT2D eigenvalue weighted by molar-refractivity contribution is 5.72. The van der Waals surface area contributed by atoms with Crippen LogP contribution >= 0.6 is 0 Å². The molecule has 1 saturated heterocycles. The van der Waals surface area contributed by atoms with E-state index in [-0.39, 0.29) is 17.6 Å². The van der Waals surface area contributed by atoms with Crippen LogP contribution in [0.5, 0.6) is 5.75 Å². The van der Waals surface area contributed by atoms with Crippen molar-refractivity contribution < 1.29 is 9.53 Å². The van der Waals surface area contributed by atoms with Gasteiger partial charge in [0.2, 0.25) is 0 Å². The molecule has 4 rings (SSSR count). The Morgan fingerprint density at radius 2 is 1.92 bits per heavy atom. The second-order valence-electron chi connectivity index (χ2n) is 8.53. The fourth-order valence-corrected chi connectivity index (χ4v) is 5.35. The van der Waals surface area contributed by atoms with Crippen molar-refractivity contribution >= 4 is 11.8 Å². The number of likely N-dealkylation sites (tertiary alicyclic amines) is 1. The van der Waals surface area contributed by atoms with E-state index in [9.17, 15) is 4.79 Å². The van der Waals surface area contributed by atoms with Crippen LogP contribution < -0.4 is 15.0 Å². The summed E-state index contributed by atoms with van der Waals surface area (Å²) >= 11 is 0. The average Bonchev–Trinajstić information content (AvgIpc) is 2.88. The number of hydrogen-bond acceptors (Lipinski definition) is 4. The zero-order chi connectivity index (χ0) is 18.3. The average molecular weight is 357 g/mol. The van der Waals surface area contributed by atoms with E-state index in [0.29, 0.717) is 11.9 Å². The van der Waals surface area contributed by atoms with Gasteiger partial charge in [0, 0.05) is 30.7 Å². The Bertz CT molecular complexity index is 684. The molecular weight excluding hydrogens is 326 g/mol. The summed E-state index contributed by atoms with van der Waals surface area (Å²) in [6.45, 7) is 3.43. The van der Waals surface area contributed by atoms with E-state index >= 15 is 0 Å². The zero-order valence-electron chi connectivity index (χ0n) is 16.3. The maximum atomic E-state index is 12.4. The summed E-state index contributed by atoms with van der Waals surface area (Å²) in [6, 6.07) is 6.36. The molecule has 3 aliphatic rings. The summed E-state index contributed by atoms with van der Waals surface area (Å²) in [5.41, 5.74) is 2.64. The molecule has 1 N–H and O–H groups in total. The lowest BCUT2D eigenvalue weighted by atomic mass is 9.81. The number of fused-ring (bicyclic) bond motifs is 3. The van der Waals surface area contributed by atoms with E-state index in [0.717, 1.165) is 25.8 Å². The highest BCUT2D eigenvalue weighted by Gasteiger charge is 2.52. The summed E-state index contributed by atoms with van der Waals surface area (Å²) < 4.78 is 5.66. The quantitative estimate of drug-likeness (QED) is 0.816. The van der Waals surface area contributed by atoms with E-state index in [1.807, 2.05) is 6.07 Å². The number of anilines is 1. The van der Waals surface area contributed by atoms with Crippen LogP contribution in [0.15, 0.2) is 18.2 Å². The van der Waals surface area contributed by atoms with Crippen molar-refractivity contribution in [2.75, 3.05) is 25.5 Å². The number of nitrogens with zero attached hydrogens (tertiary/aromatic N) is 2. The lowest BCUT2D eigenvalue weighted by Crippen LogP contribution is -2.45. The van der Waals surface area contributed by atoms with Crippen LogP contribution in [-0.4, -0.2) is 43.8 Å². The standard InChI is InChI=1S/C21H31N3O2/c1-21-12-13-23(2)19(21)24(3)18-11-10-16(14-17(18)21)26-20(25)22-15-8-6-4-5-7-9-15/h10-11,14-15,19H,4-9,12-13H2,1-3H3,(H,22,25)/t19-,21+/m1/s1. The topological polar surface area (TPSA) is 44.8 Å². The molecule has 0 spiro atoms. The first-order chi connectivity index (χ1) is 12.5. The van der Waals surface area contributed by atoms with Gasteiger partial charge in [-0.25, -0.2) is 4.79 Å². The number of nitrogens with one attached hydrogen (secondary N) is 1. The molecule has 1 aromatic rings. The third kappa shape index (κ3) is 2.96. The Hall–Kier alpha value is -1.75. The van der Waals surface area contributed by atoms with Crippen LogP contribution in [0.1, 0.15) is 57.4 Å². The van der Waals surface area contributed by atoms with Gasteiger partial charge in [-0.15, -0.1) is 0 Å². The number of benzene rings is 1. The molecule has 0 radical (unpaired) electrons. The van der Waals surface area contributed by atoms with Crippen LogP contribution in [0, 0.1) is 0 Å². The van der Waals surface area contributed by atoms with Crippen molar-refractivity contribution in [3.05, 3.63) is 23.8 Å². The van der Waals surface area contributed by atoms with E-state index in [1.165, 1.54) is 36.9 Å². The molecule has 0 bridgehead atoms. The molecule has 2 atom stereocenters. The molecular formula is C21H31N3O2. The molecule has 2 aliphatic heterocycles. The van der Waals surface area contributed by atoms with Crippen LogP contribution in [-0.2, 0) is 5.41 Å². The van der Waals surface area contributed by atoms with E-state index in [2.05, 4.69) is 48.3 Å². The molecule has 1 aromatic carbocycles. The molecule has 1 saturated carbocycles. The number of carbonyl (C=O) groups excluding carboxylic acids is 1. The van der Waals surface area contributed by atoms with Crippen molar-refractivity contribution in [2.45, 2.75) is 69.5 Å². The summed E-state index contributed by atoms with van der Waals surface area (Å²) in [7, 11) is 4.35. The Morgan fingerprint density at radius 3 is 2.65 bits per heavy atom. The zero-order valence-corrected chi connectivity index (χ0v) is 16.3. The number of ether oxygens (including phenoxy) is 1. The molecule has 1 amide bonds. The third-order valence-electron chi connectivity index (χ3n) is 6.69. The van der Waals surface area contributed by atoms with Crippen molar-refractivity contribution in [3.8, 4) is 5.75 Å². The lowest BCUT2D eigenvalue weighted by molar-refractivity contribution is 0.194. The smallest absolute Gasteiger partial charge is 0.410 e. The number of likely N-dealkylation sites (N-methyl/N-ethyl adjacent to an activating group) is 2. The molecule has 142 valence electrons. The molecule has 2 fully saturated rings. The normalized spacial score (nSPS) is 29.2. The fourth-order valence-electron chi connectivity index (χ4n) is 5.35. The van der Waals surface area contributed by atoms with Gasteiger partial charge in [0.05, 0.1) is 6.17 Å². The summed E-state index contributed by atoms with van der Waals surface area (Å²) in [4.78, 5) is 17.1. The molecule has 5 heteroatoms. The largest absolute Gasteiger partial charge is 0.412 e. The van der Waals surface area contributed by atoms with Crippen molar-refractivity contribution in [2.24, 2.45) is 0 Å². The Labute approximate surface area is 156 Å². The highest BCUT2D eigenvalue weighted by atomic mass is 16.6. The first kappa shape index (κ1) is 17.7. The molecule has 0 aromatic heterocycles. The molecule has 5 nitrogen and oxygen atoms in total. The van der Waals surface area contributed by atoms with Gasteiger partial charge < -0.3 is 15.0 Å². The van der Waals surface area contributed by atoms with Gasteiger partial charge in [-0.05, 0) is 50.1 Å². The van der Waals surface area contributed by atoms with E-state index in [4.69, 9.17) is 4.74 Å². The highest BCUT2D eigenvalue weighted by Crippen LogP contribution is 2.51. The van der Waals surface area contributed by atoms with Crippen LogP contribution in [0.25, 0.3) is 0 Å². The SMILES string of the molecule is CN1CC[C@@]2(C)c3cc(OC(=O)NC4CCCCCC4)ccc3N(C)[C@@H]12. The summed E-state index contributed by atoms with van der Waals surface area (Å²) in [6.07, 6.45) is 8.28. The Kier molecular flexibility index (Phi) is 4.59. The predicted octanol–water partition coefficient (Wildman–Crippen LogP) is 3.87. The van der Waals surface area contributed by atoms with Gasteiger partial charge in [0.15, 0.2) is 0 Å². The second kappa shape index (κ2) is 6.76. The first-order valence-electron chi connectivity index (χ1n) is 10.0. The van der Waals surface area contributed by atoms with Gasteiger partial charge in [-0.2, -0.15) is 0 Å².